The van der Waals surface area contributed by atoms with Gasteiger partial charge in [0.05, 0.1) is 6.61 Å². The van der Waals surface area contributed by atoms with Gasteiger partial charge in [0.1, 0.15) is 0 Å². The topological polar surface area (TPSA) is 47.3 Å². The highest BCUT2D eigenvalue weighted by Gasteiger charge is 2.19. The predicted molar refractivity (Wildman–Crippen MR) is 70.1 cm³/mol. The van der Waals surface area contributed by atoms with Crippen molar-refractivity contribution in [2.45, 2.75) is 38.3 Å². The van der Waals surface area contributed by atoms with E-state index in [2.05, 4.69) is 5.32 Å². The summed E-state index contributed by atoms with van der Waals surface area (Å²) >= 11 is 0. The Balaban J connectivity index is 2.01. The zero-order valence-electron chi connectivity index (χ0n) is 10.8. The number of hydrogen-bond acceptors (Lipinski definition) is 3. The van der Waals surface area contributed by atoms with Crippen molar-refractivity contribution in [2.75, 3.05) is 13.2 Å². The third kappa shape index (κ3) is 3.21. The quantitative estimate of drug-likeness (QED) is 0.845. The minimum Gasteiger partial charge on any atom is -0.491 e. The minimum absolute atomic E-state index is 0.120. The van der Waals surface area contributed by atoms with Gasteiger partial charge in [-0.25, -0.2) is 4.39 Å². The van der Waals surface area contributed by atoms with E-state index in [-0.39, 0.29) is 11.9 Å². The number of rotatable bonds is 5. The van der Waals surface area contributed by atoms with Crippen LogP contribution >= 0.6 is 0 Å². The Morgan fingerprint density at radius 3 is 3.00 bits per heavy atom. The van der Waals surface area contributed by atoms with E-state index in [4.69, 9.17) is 10.5 Å². The third-order valence-corrected chi connectivity index (χ3v) is 3.38. The average molecular weight is 252 g/mol. The van der Waals surface area contributed by atoms with Crippen molar-refractivity contribution in [1.82, 2.24) is 5.32 Å². The summed E-state index contributed by atoms with van der Waals surface area (Å²) in [6.07, 6.45) is 3.22. The lowest BCUT2D eigenvalue weighted by Gasteiger charge is -2.17. The van der Waals surface area contributed by atoms with Gasteiger partial charge in [0.25, 0.3) is 0 Å². The first-order valence-corrected chi connectivity index (χ1v) is 6.62. The molecule has 18 heavy (non-hydrogen) atoms. The summed E-state index contributed by atoms with van der Waals surface area (Å²) in [7, 11) is 0. The van der Waals surface area contributed by atoms with E-state index in [9.17, 15) is 4.39 Å². The average Bonchev–Trinajstić information content (AvgIpc) is 2.84. The van der Waals surface area contributed by atoms with E-state index < -0.39 is 0 Å². The molecule has 100 valence electrons. The Morgan fingerprint density at radius 2 is 2.39 bits per heavy atom. The summed E-state index contributed by atoms with van der Waals surface area (Å²) in [6.45, 7) is 3.37. The molecule has 1 aliphatic heterocycles. The fourth-order valence-electron chi connectivity index (χ4n) is 2.42. The first-order valence-electron chi connectivity index (χ1n) is 6.62. The van der Waals surface area contributed by atoms with Gasteiger partial charge >= 0.3 is 0 Å². The Labute approximate surface area is 108 Å². The Bertz CT molecular complexity index is 391. The van der Waals surface area contributed by atoms with E-state index in [0.717, 1.165) is 24.9 Å². The maximum atomic E-state index is 13.7. The highest BCUT2D eigenvalue weighted by atomic mass is 19.1. The smallest absolute Gasteiger partial charge is 0.165 e. The van der Waals surface area contributed by atoms with E-state index >= 15 is 0 Å². The first-order chi connectivity index (χ1) is 8.70. The maximum absolute atomic E-state index is 13.7. The molecule has 0 radical (unpaired) electrons. The molecular weight excluding hydrogens is 231 g/mol. The monoisotopic (exact) mass is 252 g/mol. The SMILES string of the molecule is CCOc1ccc(C(N)CC2CCCN2)cc1F. The van der Waals surface area contributed by atoms with Crippen LogP contribution in [0.3, 0.4) is 0 Å². The third-order valence-electron chi connectivity index (χ3n) is 3.38. The molecule has 0 aromatic heterocycles. The number of halogens is 1. The number of nitrogens with one attached hydrogen (secondary N) is 1. The molecule has 3 N–H and O–H groups in total. The molecule has 1 heterocycles. The van der Waals surface area contributed by atoms with Crippen molar-refractivity contribution in [1.29, 1.82) is 0 Å². The van der Waals surface area contributed by atoms with E-state index in [1.165, 1.54) is 12.5 Å². The van der Waals surface area contributed by atoms with Crippen LogP contribution in [-0.4, -0.2) is 19.2 Å². The molecular formula is C14H21FN2O. The van der Waals surface area contributed by atoms with Gasteiger partial charge in [-0.05, 0) is 50.4 Å². The van der Waals surface area contributed by atoms with Crippen LogP contribution < -0.4 is 15.8 Å². The van der Waals surface area contributed by atoms with Gasteiger partial charge in [-0.1, -0.05) is 6.07 Å². The molecule has 0 bridgehead atoms. The van der Waals surface area contributed by atoms with Crippen molar-refractivity contribution in [3.8, 4) is 5.75 Å². The molecule has 0 saturated carbocycles. The normalized spacial score (nSPS) is 20.9. The molecule has 1 fully saturated rings. The fraction of sp³-hybridized carbons (Fsp3) is 0.571. The molecule has 2 unspecified atom stereocenters. The van der Waals surface area contributed by atoms with Crippen LogP contribution in [-0.2, 0) is 0 Å². The number of ether oxygens (including phenoxy) is 1. The second kappa shape index (κ2) is 6.16. The van der Waals surface area contributed by atoms with E-state index in [1.807, 2.05) is 13.0 Å². The molecule has 1 aromatic carbocycles. The van der Waals surface area contributed by atoms with Gasteiger partial charge in [0.15, 0.2) is 11.6 Å². The summed E-state index contributed by atoms with van der Waals surface area (Å²) in [4.78, 5) is 0. The number of nitrogens with two attached hydrogens (primary N) is 1. The molecule has 1 saturated heterocycles. The molecule has 3 nitrogen and oxygen atoms in total. The van der Waals surface area contributed by atoms with Gasteiger partial charge in [0.2, 0.25) is 0 Å². The lowest BCUT2D eigenvalue weighted by atomic mass is 9.99. The second-order valence-corrected chi connectivity index (χ2v) is 4.76. The fourth-order valence-corrected chi connectivity index (χ4v) is 2.42. The van der Waals surface area contributed by atoms with Crippen LogP contribution in [0.5, 0.6) is 5.75 Å². The van der Waals surface area contributed by atoms with Crippen LogP contribution in [0.25, 0.3) is 0 Å². The lowest BCUT2D eigenvalue weighted by molar-refractivity contribution is 0.321. The molecule has 1 aliphatic rings. The van der Waals surface area contributed by atoms with Crippen LogP contribution in [0.1, 0.15) is 37.8 Å². The Kier molecular flexibility index (Phi) is 4.55. The second-order valence-electron chi connectivity index (χ2n) is 4.76. The molecule has 0 spiro atoms. The Hall–Kier alpha value is -1.13. The van der Waals surface area contributed by atoms with Gasteiger partial charge in [-0.2, -0.15) is 0 Å². The molecule has 0 amide bonds. The van der Waals surface area contributed by atoms with Gasteiger partial charge < -0.3 is 15.8 Å². The zero-order valence-corrected chi connectivity index (χ0v) is 10.8. The summed E-state index contributed by atoms with van der Waals surface area (Å²) < 4.78 is 18.9. The summed E-state index contributed by atoms with van der Waals surface area (Å²) in [5.41, 5.74) is 6.96. The number of benzene rings is 1. The van der Waals surface area contributed by atoms with Gasteiger partial charge in [-0.15, -0.1) is 0 Å². The molecule has 4 heteroatoms. The van der Waals surface area contributed by atoms with E-state index in [0.29, 0.717) is 18.4 Å². The summed E-state index contributed by atoms with van der Waals surface area (Å²) in [5, 5.41) is 3.41. The zero-order chi connectivity index (χ0) is 13.0. The largest absolute Gasteiger partial charge is 0.491 e. The maximum Gasteiger partial charge on any atom is 0.165 e. The van der Waals surface area contributed by atoms with Crippen molar-refractivity contribution >= 4 is 0 Å². The lowest BCUT2D eigenvalue weighted by Crippen LogP contribution is -2.26. The molecule has 2 rings (SSSR count). The van der Waals surface area contributed by atoms with Crippen molar-refractivity contribution in [3.63, 3.8) is 0 Å². The molecule has 1 aromatic rings. The highest BCUT2D eigenvalue weighted by molar-refractivity contribution is 5.31. The standard InChI is InChI=1S/C14H21FN2O/c1-2-18-14-6-5-10(8-12(14)15)13(16)9-11-4-3-7-17-11/h5-6,8,11,13,17H,2-4,7,9,16H2,1H3. The molecule has 2 atom stereocenters. The van der Waals surface area contributed by atoms with Gasteiger partial charge in [0, 0.05) is 12.1 Å². The van der Waals surface area contributed by atoms with Crippen molar-refractivity contribution in [2.24, 2.45) is 5.73 Å². The first kappa shape index (κ1) is 13.3. The summed E-state index contributed by atoms with van der Waals surface area (Å²) in [5.74, 6) is -0.0309. The summed E-state index contributed by atoms with van der Waals surface area (Å²) in [6, 6.07) is 5.36. The van der Waals surface area contributed by atoms with Gasteiger partial charge in [-0.3, -0.25) is 0 Å². The van der Waals surface area contributed by atoms with E-state index in [1.54, 1.807) is 6.07 Å². The van der Waals surface area contributed by atoms with Crippen LogP contribution in [0.4, 0.5) is 4.39 Å². The van der Waals surface area contributed by atoms with Crippen molar-refractivity contribution < 1.29 is 9.13 Å². The van der Waals surface area contributed by atoms with Crippen molar-refractivity contribution in [3.05, 3.63) is 29.6 Å². The highest BCUT2D eigenvalue weighted by Crippen LogP contribution is 2.24. The predicted octanol–water partition coefficient (Wildman–Crippen LogP) is 2.37. The van der Waals surface area contributed by atoms with Crippen LogP contribution in [0, 0.1) is 5.82 Å². The molecule has 0 aliphatic carbocycles. The minimum atomic E-state index is -0.329. The van der Waals surface area contributed by atoms with Crippen LogP contribution in [0.2, 0.25) is 0 Å². The Morgan fingerprint density at radius 1 is 1.56 bits per heavy atom. The van der Waals surface area contributed by atoms with Crippen LogP contribution in [0.15, 0.2) is 18.2 Å². The number of hydrogen-bond donors (Lipinski definition) is 2.